The zero-order valence-corrected chi connectivity index (χ0v) is 27.4. The molecule has 0 spiro atoms. The van der Waals surface area contributed by atoms with Crippen molar-refractivity contribution < 1.29 is 26.3 Å². The maximum atomic E-state index is 9.40. The average Bonchev–Trinajstić information content (AvgIpc) is 3.80. The van der Waals surface area contributed by atoms with Gasteiger partial charge in [-0.25, -0.2) is 15.0 Å². The molecule has 4 nitrogen and oxygen atoms in total. The fourth-order valence-corrected chi connectivity index (χ4v) is 9.83. The van der Waals surface area contributed by atoms with Gasteiger partial charge >= 0.3 is 0 Å². The van der Waals surface area contributed by atoms with E-state index in [0.717, 1.165) is 21.5 Å². The molecule has 5 heteroatoms. The van der Waals surface area contributed by atoms with Crippen LogP contribution >= 0.6 is 0 Å². The lowest BCUT2D eigenvalue weighted by Gasteiger charge is -2.19. The van der Waals surface area contributed by atoms with E-state index in [-0.39, 0.29) is 16.6 Å². The van der Waals surface area contributed by atoms with Crippen LogP contribution in [-0.2, 0) is 0 Å². The Bertz CT molecular complexity index is 3670. The summed E-state index contributed by atoms with van der Waals surface area (Å²) in [7, 11) is -2.50. The Hall–Kier alpha value is -6.17. The molecule has 1 aliphatic heterocycles. The summed E-state index contributed by atoms with van der Waals surface area (Å²) in [5.41, 5.74) is 1.25. The topological polar surface area (TPSA) is 51.8 Å². The van der Waals surface area contributed by atoms with Gasteiger partial charge in [-0.3, -0.25) is 0 Å². The van der Waals surface area contributed by atoms with Gasteiger partial charge in [0.2, 0.25) is 0 Å². The fraction of sp³-hybridized carbons (Fsp3) is 0.0444. The van der Waals surface area contributed by atoms with Crippen molar-refractivity contribution in [3.8, 4) is 56.4 Å². The molecular formula is C45H31N3OSi. The van der Waals surface area contributed by atoms with Gasteiger partial charge in [0.15, 0.2) is 17.5 Å². The van der Waals surface area contributed by atoms with Crippen LogP contribution in [0.2, 0.25) is 13.1 Å². The smallest absolute Gasteiger partial charge is 0.164 e. The first kappa shape index (κ1) is 17.0. The van der Waals surface area contributed by atoms with Crippen molar-refractivity contribution in [2.75, 3.05) is 0 Å². The number of nitrogens with zero attached hydrogens (tertiary/aromatic N) is 3. The van der Waals surface area contributed by atoms with Gasteiger partial charge in [0.25, 0.3) is 0 Å². The Labute approximate surface area is 313 Å². The number of para-hydroxylation sites is 1. The van der Waals surface area contributed by atoms with Gasteiger partial charge in [-0.2, -0.15) is 0 Å². The molecule has 0 fully saturated rings. The molecule has 0 saturated heterocycles. The van der Waals surface area contributed by atoms with Crippen LogP contribution in [0.1, 0.15) is 21.9 Å². The molecule has 0 radical (unpaired) electrons. The number of fused-ring (bicyclic) bond motifs is 8. The predicted octanol–water partition coefficient (Wildman–Crippen LogP) is 10.4. The zero-order valence-electron chi connectivity index (χ0n) is 42.4. The van der Waals surface area contributed by atoms with E-state index in [1.54, 1.807) is 0 Å². The van der Waals surface area contributed by atoms with E-state index in [2.05, 4.69) is 24.1 Å². The second kappa shape index (κ2) is 10.9. The van der Waals surface area contributed by atoms with E-state index in [1.807, 2.05) is 48.5 Å². The Morgan fingerprint density at radius 1 is 0.560 bits per heavy atom. The standard InChI is InChI=1S/C45H31N3OSi/c1-50(2)38-19-11-9-17-35(38)41-39(50)27-36(40-34-16-8-10-18-37(34)49-42(40)41)45-47-43(31-23-20-30(21-24-31)28-12-4-3-5-13-28)46-44(48-45)33-25-22-29-14-6-7-15-32(29)26-33/h3-27H,1-2H3/i3D,4D,5D,6D,7D,12D,13D,14D,15D,20D,21D,22D,23D,24D,25D,26D. The second-order valence-electron chi connectivity index (χ2n) is 12.4. The number of hydrogen-bond donors (Lipinski definition) is 0. The van der Waals surface area contributed by atoms with Gasteiger partial charge in [-0.1, -0.05) is 146 Å². The molecule has 0 amide bonds. The van der Waals surface area contributed by atoms with Crippen LogP contribution in [0, 0.1) is 0 Å². The lowest BCUT2D eigenvalue weighted by Crippen LogP contribution is -2.49. The van der Waals surface area contributed by atoms with Crippen LogP contribution in [0.15, 0.2) is 156 Å². The molecule has 0 aliphatic carbocycles. The highest BCUT2D eigenvalue weighted by Crippen LogP contribution is 2.43. The first-order chi connectivity index (χ1) is 31.2. The molecule has 0 bridgehead atoms. The molecule has 50 heavy (non-hydrogen) atoms. The molecule has 0 atom stereocenters. The summed E-state index contributed by atoms with van der Waals surface area (Å²) >= 11 is 0. The first-order valence-corrected chi connectivity index (χ1v) is 18.7. The Kier molecular flexibility index (Phi) is 3.71. The highest BCUT2D eigenvalue weighted by Gasteiger charge is 2.40. The second-order valence-corrected chi connectivity index (χ2v) is 16.7. The summed E-state index contributed by atoms with van der Waals surface area (Å²) in [6.07, 6.45) is 0. The molecule has 9 aromatic rings. The average molecular weight is 674 g/mol. The first-order valence-electron chi connectivity index (χ1n) is 23.7. The molecule has 10 rings (SSSR count). The highest BCUT2D eigenvalue weighted by atomic mass is 28.3. The summed E-state index contributed by atoms with van der Waals surface area (Å²) in [4.78, 5) is 14.3. The van der Waals surface area contributed by atoms with Gasteiger partial charge in [-0.05, 0) is 56.0 Å². The third-order valence-corrected chi connectivity index (χ3v) is 12.7. The molecule has 0 N–H and O–H groups in total. The largest absolute Gasteiger partial charge is 0.455 e. The van der Waals surface area contributed by atoms with E-state index in [4.69, 9.17) is 30.8 Å². The minimum absolute atomic E-state index is 0.123. The van der Waals surface area contributed by atoms with Crippen molar-refractivity contribution >= 4 is 51.2 Å². The normalized spacial score (nSPS) is 17.6. The molecule has 0 unspecified atom stereocenters. The number of benzene rings is 7. The monoisotopic (exact) mass is 673 g/mol. The lowest BCUT2D eigenvalue weighted by molar-refractivity contribution is 0.670. The Balaban J connectivity index is 1.35. The quantitative estimate of drug-likeness (QED) is 0.175. The zero-order chi connectivity index (χ0) is 47.3. The minimum atomic E-state index is -2.50. The van der Waals surface area contributed by atoms with Crippen LogP contribution in [0.5, 0.6) is 0 Å². The number of furan rings is 1. The maximum absolute atomic E-state index is 9.40. The summed E-state index contributed by atoms with van der Waals surface area (Å²) in [5.74, 6) is -1.07. The molecule has 2 aromatic heterocycles. The van der Waals surface area contributed by atoms with Crippen molar-refractivity contribution in [3.05, 3.63) is 151 Å². The summed E-state index contributed by atoms with van der Waals surface area (Å²) in [6, 6.07) is 6.02. The van der Waals surface area contributed by atoms with Crippen LogP contribution in [0.3, 0.4) is 0 Å². The summed E-state index contributed by atoms with van der Waals surface area (Å²) < 4.78 is 147. The minimum Gasteiger partial charge on any atom is -0.455 e. The van der Waals surface area contributed by atoms with Crippen LogP contribution in [0.25, 0.3) is 89.1 Å². The van der Waals surface area contributed by atoms with Crippen molar-refractivity contribution in [1.29, 1.82) is 0 Å². The van der Waals surface area contributed by atoms with E-state index < -0.39 is 139 Å². The summed E-state index contributed by atoms with van der Waals surface area (Å²) in [5, 5.41) is 2.60. The third kappa shape index (κ3) is 4.40. The van der Waals surface area contributed by atoms with Crippen molar-refractivity contribution in [2.24, 2.45) is 0 Å². The Morgan fingerprint density at radius 3 is 2.04 bits per heavy atom. The van der Waals surface area contributed by atoms with Gasteiger partial charge < -0.3 is 4.42 Å². The van der Waals surface area contributed by atoms with Gasteiger partial charge in [0.1, 0.15) is 19.2 Å². The Morgan fingerprint density at radius 2 is 1.20 bits per heavy atom. The van der Waals surface area contributed by atoms with E-state index >= 15 is 0 Å². The van der Waals surface area contributed by atoms with Crippen LogP contribution in [-0.4, -0.2) is 23.0 Å². The van der Waals surface area contributed by atoms with Crippen molar-refractivity contribution in [1.82, 2.24) is 15.0 Å². The third-order valence-electron chi connectivity index (χ3n) is 9.14. The molecule has 0 saturated carbocycles. The fourth-order valence-electron chi connectivity index (χ4n) is 6.77. The number of hydrogen-bond acceptors (Lipinski definition) is 4. The number of rotatable bonds is 4. The maximum Gasteiger partial charge on any atom is 0.164 e. The lowest BCUT2D eigenvalue weighted by atomic mass is 9.98. The number of aromatic nitrogens is 3. The summed E-state index contributed by atoms with van der Waals surface area (Å²) in [6.45, 7) is 4.37. The van der Waals surface area contributed by atoms with Crippen LogP contribution in [0.4, 0.5) is 0 Å². The highest BCUT2D eigenvalue weighted by molar-refractivity contribution is 7.04. The van der Waals surface area contributed by atoms with Crippen molar-refractivity contribution in [3.63, 3.8) is 0 Å². The molecule has 7 aromatic carbocycles. The SMILES string of the molecule is [2H]c1c([2H])c([2H])c(-c2c([2H])c([2H])c(-c3nc(-c4c([2H])c([2H])c5c([2H])c([2H])c([2H])c([2H])c5c4[2H])nc(-c4cc5c(c6oc7ccccc7c46)-c4ccccc4[Si]5(C)C)n3)c([2H])c2[2H])c([2H])c1[2H]. The van der Waals surface area contributed by atoms with Crippen LogP contribution < -0.4 is 10.4 Å². The van der Waals surface area contributed by atoms with Gasteiger partial charge in [0, 0.05) is 33.0 Å². The molecule has 3 heterocycles. The molecule has 1 aliphatic rings. The van der Waals surface area contributed by atoms with Crippen molar-refractivity contribution in [2.45, 2.75) is 13.1 Å². The molecule has 236 valence electrons. The van der Waals surface area contributed by atoms with E-state index in [0.29, 0.717) is 27.5 Å². The van der Waals surface area contributed by atoms with E-state index in [9.17, 15) is 5.48 Å². The van der Waals surface area contributed by atoms with Gasteiger partial charge in [0.05, 0.1) is 21.9 Å². The molecular weight excluding hydrogens is 627 g/mol. The van der Waals surface area contributed by atoms with E-state index in [1.165, 1.54) is 0 Å². The predicted molar refractivity (Wildman–Crippen MR) is 209 cm³/mol. The van der Waals surface area contributed by atoms with Gasteiger partial charge in [-0.15, -0.1) is 0 Å².